The van der Waals surface area contributed by atoms with Crippen LogP contribution < -0.4 is 0 Å². The fraction of sp³-hybridized carbons (Fsp3) is 0.238. The van der Waals surface area contributed by atoms with Crippen LogP contribution in [0.15, 0.2) is 59.5 Å². The number of hydrogen-bond donors (Lipinski definition) is 0. The third-order valence-corrected chi connectivity index (χ3v) is 7.80. The van der Waals surface area contributed by atoms with E-state index in [-0.39, 0.29) is 19.0 Å². The number of rotatable bonds is 4. The number of aromatic nitrogens is 1. The molecule has 1 aliphatic heterocycles. The lowest BCUT2D eigenvalue weighted by atomic mass is 10.2. The molecule has 0 unspecified atom stereocenters. The minimum absolute atomic E-state index is 0.128. The number of carbonyl (C=O) groups is 1. The Labute approximate surface area is 174 Å². The Kier molecular flexibility index (Phi) is 5.49. The van der Waals surface area contributed by atoms with E-state index in [2.05, 4.69) is 4.98 Å². The third kappa shape index (κ3) is 4.24. The molecule has 8 heteroatoms. The van der Waals surface area contributed by atoms with Crippen molar-refractivity contribution in [3.05, 3.63) is 65.2 Å². The highest BCUT2D eigenvalue weighted by Crippen LogP contribution is 2.23. The van der Waals surface area contributed by atoms with Crippen LogP contribution in [-0.4, -0.2) is 54.7 Å². The normalized spacial score (nSPS) is 16.0. The summed E-state index contributed by atoms with van der Waals surface area (Å²) in [5.74, 6) is -0.128. The van der Waals surface area contributed by atoms with Gasteiger partial charge in [0.05, 0.1) is 15.1 Å². The summed E-state index contributed by atoms with van der Waals surface area (Å²) in [5, 5.41) is 0.778. The topological polar surface area (TPSA) is 70.6 Å². The van der Waals surface area contributed by atoms with Crippen molar-refractivity contribution in [3.63, 3.8) is 0 Å². The van der Waals surface area contributed by atoms with Crippen LogP contribution in [0.25, 0.3) is 16.3 Å². The van der Waals surface area contributed by atoms with Crippen LogP contribution in [0.3, 0.4) is 0 Å². The maximum atomic E-state index is 12.8. The second-order valence-electron chi connectivity index (χ2n) is 6.90. The molecule has 1 amide bonds. The number of benzene rings is 2. The van der Waals surface area contributed by atoms with Crippen LogP contribution >= 0.6 is 11.3 Å². The quantitative estimate of drug-likeness (QED) is 0.600. The first-order valence-corrected chi connectivity index (χ1v) is 11.6. The van der Waals surface area contributed by atoms with Crippen molar-refractivity contribution in [2.75, 3.05) is 26.2 Å². The van der Waals surface area contributed by atoms with E-state index in [9.17, 15) is 13.2 Å². The summed E-state index contributed by atoms with van der Waals surface area (Å²) in [5.41, 5.74) is 1.93. The zero-order valence-corrected chi connectivity index (χ0v) is 17.6. The Morgan fingerprint density at radius 3 is 2.41 bits per heavy atom. The van der Waals surface area contributed by atoms with Gasteiger partial charge in [-0.25, -0.2) is 13.4 Å². The van der Waals surface area contributed by atoms with Crippen molar-refractivity contribution < 1.29 is 13.2 Å². The summed E-state index contributed by atoms with van der Waals surface area (Å²) in [4.78, 5) is 18.9. The monoisotopic (exact) mass is 427 g/mol. The fourth-order valence-electron chi connectivity index (χ4n) is 3.22. The number of fused-ring (bicyclic) bond motifs is 1. The van der Waals surface area contributed by atoms with E-state index in [4.69, 9.17) is 0 Å². The molecule has 1 fully saturated rings. The maximum Gasteiger partial charge on any atom is 0.246 e. The van der Waals surface area contributed by atoms with Gasteiger partial charge in [-0.3, -0.25) is 4.79 Å². The second-order valence-corrected chi connectivity index (χ2v) is 9.90. The molecule has 3 aromatic rings. The molecule has 2 heterocycles. The number of piperazine rings is 1. The van der Waals surface area contributed by atoms with Crippen molar-refractivity contribution in [3.8, 4) is 0 Å². The first kappa shape index (κ1) is 19.8. The Morgan fingerprint density at radius 1 is 1.03 bits per heavy atom. The van der Waals surface area contributed by atoms with Gasteiger partial charge >= 0.3 is 0 Å². The summed E-state index contributed by atoms with van der Waals surface area (Å²) in [6, 6.07) is 14.7. The second kappa shape index (κ2) is 8.06. The lowest BCUT2D eigenvalue weighted by Crippen LogP contribution is -2.50. The number of hydrogen-bond acceptors (Lipinski definition) is 5. The van der Waals surface area contributed by atoms with E-state index in [0.29, 0.717) is 18.0 Å². The number of carbonyl (C=O) groups excluding carboxylic acids is 1. The third-order valence-electron chi connectivity index (χ3n) is 4.89. The SMILES string of the molecule is Cc1ccc(S(=O)(=O)N2CCN(C(=O)/C=C/c3nc4ccccc4s3)CC2)cc1. The standard InChI is InChI=1S/C21H21N3O3S2/c1-16-6-8-17(9-7-16)29(26,27)24-14-12-23(13-15-24)21(25)11-10-20-22-18-4-2-3-5-19(18)28-20/h2-11H,12-15H2,1H3/b11-10+. The molecule has 0 spiro atoms. The van der Waals surface area contributed by atoms with Gasteiger partial charge in [-0.15, -0.1) is 11.3 Å². The van der Waals surface area contributed by atoms with Gasteiger partial charge < -0.3 is 4.90 Å². The van der Waals surface area contributed by atoms with Crippen molar-refractivity contribution in [2.24, 2.45) is 0 Å². The highest BCUT2D eigenvalue weighted by atomic mass is 32.2. The first-order chi connectivity index (χ1) is 13.9. The molecule has 0 bridgehead atoms. The molecule has 150 valence electrons. The van der Waals surface area contributed by atoms with E-state index in [1.54, 1.807) is 35.2 Å². The molecule has 4 rings (SSSR count). The van der Waals surface area contributed by atoms with Crippen LogP contribution in [-0.2, 0) is 14.8 Å². The molecule has 1 saturated heterocycles. The Balaban J connectivity index is 1.38. The number of para-hydroxylation sites is 1. The zero-order chi connectivity index (χ0) is 20.4. The highest BCUT2D eigenvalue weighted by molar-refractivity contribution is 7.89. The number of thiazole rings is 1. The number of amides is 1. The molecule has 0 atom stereocenters. The molecule has 2 aromatic carbocycles. The smallest absolute Gasteiger partial charge is 0.246 e. The van der Waals surface area contributed by atoms with Gasteiger partial charge in [-0.05, 0) is 37.3 Å². The summed E-state index contributed by atoms with van der Waals surface area (Å²) in [6.45, 7) is 3.23. The van der Waals surface area contributed by atoms with Gasteiger partial charge in [0, 0.05) is 32.3 Å². The number of sulfonamides is 1. The van der Waals surface area contributed by atoms with Crippen molar-refractivity contribution in [1.29, 1.82) is 0 Å². The van der Waals surface area contributed by atoms with E-state index in [1.807, 2.05) is 31.2 Å². The predicted octanol–water partition coefficient (Wildman–Crippen LogP) is 3.15. The maximum absolute atomic E-state index is 12.8. The highest BCUT2D eigenvalue weighted by Gasteiger charge is 2.29. The first-order valence-electron chi connectivity index (χ1n) is 9.33. The summed E-state index contributed by atoms with van der Waals surface area (Å²) in [7, 11) is -3.53. The van der Waals surface area contributed by atoms with Gasteiger partial charge in [-0.1, -0.05) is 29.8 Å². The zero-order valence-electron chi connectivity index (χ0n) is 16.0. The summed E-state index contributed by atoms with van der Waals surface area (Å²) in [6.07, 6.45) is 3.24. The number of aryl methyl sites for hydroxylation is 1. The molecule has 6 nitrogen and oxygen atoms in total. The lowest BCUT2D eigenvalue weighted by molar-refractivity contribution is -0.127. The van der Waals surface area contributed by atoms with Crippen molar-refractivity contribution >= 4 is 43.6 Å². The molecule has 0 radical (unpaired) electrons. The van der Waals surface area contributed by atoms with Crippen LogP contribution in [0.5, 0.6) is 0 Å². The largest absolute Gasteiger partial charge is 0.337 e. The molecule has 0 N–H and O–H groups in total. The van der Waals surface area contributed by atoms with Gasteiger partial charge in [0.1, 0.15) is 5.01 Å². The van der Waals surface area contributed by atoms with Crippen LogP contribution in [0, 0.1) is 6.92 Å². The fourth-order valence-corrected chi connectivity index (χ4v) is 5.51. The van der Waals surface area contributed by atoms with E-state index in [1.165, 1.54) is 21.7 Å². The van der Waals surface area contributed by atoms with Crippen LogP contribution in [0.2, 0.25) is 0 Å². The van der Waals surface area contributed by atoms with Crippen molar-refractivity contribution in [2.45, 2.75) is 11.8 Å². The van der Waals surface area contributed by atoms with E-state index >= 15 is 0 Å². The van der Waals surface area contributed by atoms with E-state index in [0.717, 1.165) is 20.8 Å². The summed E-state index contributed by atoms with van der Waals surface area (Å²) < 4.78 is 28.1. The van der Waals surface area contributed by atoms with Crippen molar-refractivity contribution in [1.82, 2.24) is 14.2 Å². The molecule has 29 heavy (non-hydrogen) atoms. The van der Waals surface area contributed by atoms with Crippen LogP contribution in [0.4, 0.5) is 0 Å². The molecular weight excluding hydrogens is 406 g/mol. The number of nitrogens with zero attached hydrogens (tertiary/aromatic N) is 3. The Bertz CT molecular complexity index is 1130. The van der Waals surface area contributed by atoms with E-state index < -0.39 is 10.0 Å². The van der Waals surface area contributed by atoms with Crippen LogP contribution in [0.1, 0.15) is 10.6 Å². The minimum Gasteiger partial charge on any atom is -0.337 e. The predicted molar refractivity (Wildman–Crippen MR) is 115 cm³/mol. The molecule has 1 aromatic heterocycles. The lowest BCUT2D eigenvalue weighted by Gasteiger charge is -2.33. The molecule has 0 saturated carbocycles. The minimum atomic E-state index is -3.53. The average molecular weight is 428 g/mol. The average Bonchev–Trinajstić information content (AvgIpc) is 3.15. The van der Waals surface area contributed by atoms with Gasteiger partial charge in [-0.2, -0.15) is 4.31 Å². The molecular formula is C21H21N3O3S2. The Hall–Kier alpha value is -2.55. The van der Waals surface area contributed by atoms with Gasteiger partial charge in [0.15, 0.2) is 0 Å². The molecule has 1 aliphatic rings. The molecule has 0 aliphatic carbocycles. The van der Waals surface area contributed by atoms with Gasteiger partial charge in [0.2, 0.25) is 15.9 Å². The summed E-state index contributed by atoms with van der Waals surface area (Å²) >= 11 is 1.53. The Morgan fingerprint density at radius 2 is 1.72 bits per heavy atom. The van der Waals surface area contributed by atoms with Gasteiger partial charge in [0.25, 0.3) is 0 Å².